The van der Waals surface area contributed by atoms with Crippen LogP contribution in [0.1, 0.15) is 5.56 Å². The van der Waals surface area contributed by atoms with E-state index in [4.69, 9.17) is 15.0 Å². The first-order valence-corrected chi connectivity index (χ1v) is 21.3. The van der Waals surface area contributed by atoms with Gasteiger partial charge in [-0.1, -0.05) is 146 Å². The second-order valence-electron chi connectivity index (χ2n) is 16.0. The summed E-state index contributed by atoms with van der Waals surface area (Å²) in [5.74, 6) is 1.61. The molecule has 3 heterocycles. The number of hydrogen-bond donors (Lipinski definition) is 0. The molecule has 12 aromatic rings. The lowest BCUT2D eigenvalue weighted by Gasteiger charge is -2.13. The summed E-state index contributed by atoms with van der Waals surface area (Å²) in [7, 11) is 0. The maximum absolute atomic E-state index is 10.8. The van der Waals surface area contributed by atoms with Crippen molar-refractivity contribution in [2.24, 2.45) is 0 Å². The highest BCUT2D eigenvalue weighted by atomic mass is 15.0. The number of nitrogens with zero attached hydrogens (tertiary/aromatic N) is 6. The van der Waals surface area contributed by atoms with Crippen LogP contribution in [0.5, 0.6) is 0 Å². The molecule has 0 unspecified atom stereocenters. The Labute approximate surface area is 369 Å². The van der Waals surface area contributed by atoms with Crippen LogP contribution in [0.2, 0.25) is 0 Å². The molecule has 0 bridgehead atoms. The number of fused-ring (bicyclic) bond motifs is 6. The first kappa shape index (κ1) is 36.9. The summed E-state index contributed by atoms with van der Waals surface area (Å²) in [6.07, 6.45) is 0. The molecule has 3 aromatic heterocycles. The fourth-order valence-corrected chi connectivity index (χ4v) is 9.20. The van der Waals surface area contributed by atoms with Gasteiger partial charge in [0.25, 0.3) is 0 Å². The fourth-order valence-electron chi connectivity index (χ4n) is 9.20. The van der Waals surface area contributed by atoms with Crippen molar-refractivity contribution >= 4 is 43.6 Å². The van der Waals surface area contributed by atoms with Gasteiger partial charge in [0, 0.05) is 43.9 Å². The standard InChI is InChI=1S/C58H36N6/c59-37-45-34-44(58-61-56(39-17-6-2-7-18-39)60-57(62-58)43-20-14-19-40(33-43)38-15-4-1-5-16-38)29-30-51(45)64-53-26-13-11-24-48(53)50-36-42(28-32-55(50)64)41-27-31-54-49(35-41)47-23-10-12-25-52(47)63(54)46-21-8-3-9-22-46/h1-36H. The molecule has 0 spiro atoms. The van der Waals surface area contributed by atoms with Gasteiger partial charge in [-0.2, -0.15) is 5.26 Å². The summed E-state index contributed by atoms with van der Waals surface area (Å²) >= 11 is 0. The van der Waals surface area contributed by atoms with Gasteiger partial charge in [0.2, 0.25) is 0 Å². The van der Waals surface area contributed by atoms with E-state index in [1.807, 2.05) is 78.9 Å². The molecular weight excluding hydrogens is 781 g/mol. The lowest BCUT2D eigenvalue weighted by Crippen LogP contribution is -2.02. The molecule has 64 heavy (non-hydrogen) atoms. The van der Waals surface area contributed by atoms with Crippen molar-refractivity contribution < 1.29 is 0 Å². The monoisotopic (exact) mass is 816 g/mol. The Morgan fingerprint density at radius 3 is 1.38 bits per heavy atom. The van der Waals surface area contributed by atoms with E-state index in [2.05, 4.69) is 155 Å². The van der Waals surface area contributed by atoms with E-state index in [1.54, 1.807) is 0 Å². The van der Waals surface area contributed by atoms with Crippen molar-refractivity contribution in [1.29, 1.82) is 5.26 Å². The second kappa shape index (κ2) is 15.2. The molecule has 0 N–H and O–H groups in total. The Kier molecular flexibility index (Phi) is 8.77. The summed E-state index contributed by atoms with van der Waals surface area (Å²) in [6.45, 7) is 0. The quantitative estimate of drug-likeness (QED) is 0.161. The van der Waals surface area contributed by atoms with Gasteiger partial charge >= 0.3 is 0 Å². The molecule has 9 aromatic carbocycles. The first-order chi connectivity index (χ1) is 31.7. The predicted molar refractivity (Wildman–Crippen MR) is 260 cm³/mol. The van der Waals surface area contributed by atoms with Gasteiger partial charge in [-0.25, -0.2) is 15.0 Å². The average Bonchev–Trinajstić information content (AvgIpc) is 3.89. The molecule has 0 fully saturated rings. The van der Waals surface area contributed by atoms with Gasteiger partial charge in [0.1, 0.15) is 6.07 Å². The van der Waals surface area contributed by atoms with Crippen molar-refractivity contribution in [3.8, 4) is 73.9 Å². The molecule has 0 saturated heterocycles. The number of rotatable bonds is 7. The molecule has 0 amide bonds. The van der Waals surface area contributed by atoms with E-state index < -0.39 is 0 Å². The minimum Gasteiger partial charge on any atom is -0.309 e. The van der Waals surface area contributed by atoms with Crippen LogP contribution >= 0.6 is 0 Å². The maximum Gasteiger partial charge on any atom is 0.164 e. The third kappa shape index (κ3) is 6.22. The lowest BCUT2D eigenvalue weighted by atomic mass is 10.0. The molecule has 0 saturated carbocycles. The van der Waals surface area contributed by atoms with Gasteiger partial charge < -0.3 is 9.13 Å². The van der Waals surface area contributed by atoms with Gasteiger partial charge in [-0.05, 0) is 95.1 Å². The number of para-hydroxylation sites is 3. The predicted octanol–water partition coefficient (Wildman–Crippen LogP) is 14.3. The van der Waals surface area contributed by atoms with Gasteiger partial charge in [-0.15, -0.1) is 0 Å². The summed E-state index contributed by atoms with van der Waals surface area (Å²) in [5, 5.41) is 15.5. The van der Waals surface area contributed by atoms with Crippen molar-refractivity contribution in [2.75, 3.05) is 0 Å². The molecule has 0 radical (unpaired) electrons. The van der Waals surface area contributed by atoms with Gasteiger partial charge in [0.15, 0.2) is 17.5 Å². The topological polar surface area (TPSA) is 72.3 Å². The highest BCUT2D eigenvalue weighted by molar-refractivity contribution is 6.12. The van der Waals surface area contributed by atoms with E-state index in [9.17, 15) is 5.26 Å². The van der Waals surface area contributed by atoms with Crippen LogP contribution in [0, 0.1) is 11.3 Å². The van der Waals surface area contributed by atoms with Crippen LogP contribution in [0.4, 0.5) is 0 Å². The molecular formula is C58H36N6. The molecule has 6 heteroatoms. The van der Waals surface area contributed by atoms with Crippen LogP contribution < -0.4 is 0 Å². The van der Waals surface area contributed by atoms with Crippen LogP contribution in [0.15, 0.2) is 218 Å². The Morgan fingerprint density at radius 1 is 0.312 bits per heavy atom. The van der Waals surface area contributed by atoms with E-state index in [1.165, 1.54) is 21.8 Å². The highest BCUT2D eigenvalue weighted by Gasteiger charge is 2.20. The average molecular weight is 817 g/mol. The van der Waals surface area contributed by atoms with Crippen molar-refractivity contribution in [3.63, 3.8) is 0 Å². The summed E-state index contributed by atoms with van der Waals surface area (Å²) in [5.41, 5.74) is 13.8. The normalized spacial score (nSPS) is 11.4. The summed E-state index contributed by atoms with van der Waals surface area (Å²) in [4.78, 5) is 15.0. The molecule has 298 valence electrons. The Balaban J connectivity index is 0.971. The van der Waals surface area contributed by atoms with Gasteiger partial charge in [0.05, 0.1) is 33.3 Å². The third-order valence-electron chi connectivity index (χ3n) is 12.2. The zero-order valence-corrected chi connectivity index (χ0v) is 34.5. The maximum atomic E-state index is 10.8. The largest absolute Gasteiger partial charge is 0.309 e. The fraction of sp³-hybridized carbons (Fsp3) is 0. The second-order valence-corrected chi connectivity index (χ2v) is 16.0. The molecule has 0 atom stereocenters. The number of benzene rings is 9. The van der Waals surface area contributed by atoms with E-state index in [0.29, 0.717) is 23.0 Å². The molecule has 0 aliphatic heterocycles. The number of aromatic nitrogens is 5. The third-order valence-corrected chi connectivity index (χ3v) is 12.2. The Bertz CT molecular complexity index is 3790. The number of hydrogen-bond acceptors (Lipinski definition) is 4. The van der Waals surface area contributed by atoms with Crippen molar-refractivity contribution in [3.05, 3.63) is 224 Å². The van der Waals surface area contributed by atoms with Crippen LogP contribution in [-0.2, 0) is 0 Å². The zero-order chi connectivity index (χ0) is 42.6. The SMILES string of the molecule is N#Cc1cc(-c2nc(-c3ccccc3)nc(-c3cccc(-c4ccccc4)c3)n2)ccc1-n1c2ccccc2c2cc(-c3ccc4c(c3)c3ccccc3n4-c3ccccc3)ccc21. The minimum atomic E-state index is 0.493. The lowest BCUT2D eigenvalue weighted by molar-refractivity contribution is 1.07. The summed E-state index contributed by atoms with van der Waals surface area (Å²) in [6, 6.07) is 78.0. The Hall–Kier alpha value is -8.92. The molecule has 0 aliphatic rings. The highest BCUT2D eigenvalue weighted by Crippen LogP contribution is 2.39. The smallest absolute Gasteiger partial charge is 0.164 e. The number of nitriles is 1. The van der Waals surface area contributed by atoms with Crippen LogP contribution in [-0.4, -0.2) is 24.1 Å². The first-order valence-electron chi connectivity index (χ1n) is 21.3. The van der Waals surface area contributed by atoms with E-state index in [-0.39, 0.29) is 0 Å². The van der Waals surface area contributed by atoms with E-state index in [0.717, 1.165) is 72.1 Å². The summed E-state index contributed by atoms with van der Waals surface area (Å²) < 4.78 is 4.55. The van der Waals surface area contributed by atoms with Crippen molar-refractivity contribution in [2.45, 2.75) is 0 Å². The van der Waals surface area contributed by atoms with Gasteiger partial charge in [-0.3, -0.25) is 0 Å². The van der Waals surface area contributed by atoms with E-state index >= 15 is 0 Å². The van der Waals surface area contributed by atoms with Crippen LogP contribution in [0.25, 0.3) is 111 Å². The Morgan fingerprint density at radius 2 is 0.750 bits per heavy atom. The minimum absolute atomic E-state index is 0.493. The molecule has 6 nitrogen and oxygen atoms in total. The molecule has 0 aliphatic carbocycles. The van der Waals surface area contributed by atoms with Crippen LogP contribution in [0.3, 0.4) is 0 Å². The molecule has 12 rings (SSSR count). The zero-order valence-electron chi connectivity index (χ0n) is 34.5. The van der Waals surface area contributed by atoms with Crippen molar-refractivity contribution in [1.82, 2.24) is 24.1 Å².